The molecule has 4 fully saturated rings. The number of fused-ring (bicyclic) bond motifs is 2. The van der Waals surface area contributed by atoms with Gasteiger partial charge in [-0.1, -0.05) is 76.4 Å². The molecule has 0 aromatic heterocycles. The molecule has 6 rings (SSSR count). The zero-order valence-corrected chi connectivity index (χ0v) is 41.2. The molecule has 8 atom stereocenters. The smallest absolute Gasteiger partial charge is 0.407 e. The maximum absolute atomic E-state index is 14.1. The minimum absolute atomic E-state index is 0.189. The Labute approximate surface area is 399 Å². The molecule has 16 nitrogen and oxygen atoms in total. The number of carbonyl (C=O) groups excluding carboxylic acids is 4. The number of rotatable bonds is 12. The lowest BCUT2D eigenvalue weighted by Crippen LogP contribution is -2.57. The zero-order valence-electron chi connectivity index (χ0n) is 38.0. The van der Waals surface area contributed by atoms with Crippen molar-refractivity contribution in [1.82, 2.24) is 30.2 Å². The van der Waals surface area contributed by atoms with Crippen LogP contribution in [0.25, 0.3) is 0 Å². The number of anilines is 2. The molecular formula is C45H60N8O8S4. The monoisotopic (exact) mass is 968 g/mol. The largest absolute Gasteiger partial charge is 0.465 e. The fourth-order valence-corrected chi connectivity index (χ4v) is 12.8. The van der Waals surface area contributed by atoms with Gasteiger partial charge in [-0.2, -0.15) is 0 Å². The SMILES string of the molecule is CC(C(=S)N[C@H]1CCS[C@H]2CC(C)(C)[C@@H](C(=O)Nc3ccc(Cc4ccc(NC(=O)[C@H]5N6C(=O)[C@@H](NC(=S)C(C)N(C)C(=O)O)CCS[C@H]6CC5(C)C)cc4)cc3)N2C1=O)N(C)C(=O)O. The van der Waals surface area contributed by atoms with Gasteiger partial charge in [-0.3, -0.25) is 19.2 Å². The number of carbonyl (C=O) groups is 6. The normalized spacial score (nSPS) is 25.4. The number of benzene rings is 2. The molecule has 0 saturated carbocycles. The van der Waals surface area contributed by atoms with Crippen LogP contribution in [0.15, 0.2) is 48.5 Å². The third-order valence-corrected chi connectivity index (χ3v) is 16.5. The molecule has 0 radical (unpaired) electrons. The first kappa shape index (κ1) is 49.8. The van der Waals surface area contributed by atoms with Crippen LogP contribution in [-0.2, 0) is 25.6 Å². The number of hydrogen-bond donors (Lipinski definition) is 6. The van der Waals surface area contributed by atoms with Crippen molar-refractivity contribution in [2.24, 2.45) is 10.8 Å². The second-order valence-corrected chi connectivity index (χ2v) is 22.2. The van der Waals surface area contributed by atoms with Crippen LogP contribution in [0.5, 0.6) is 0 Å². The first-order valence-electron chi connectivity index (χ1n) is 21.7. The second-order valence-electron chi connectivity index (χ2n) is 18.7. The number of amides is 6. The van der Waals surface area contributed by atoms with Crippen LogP contribution >= 0.6 is 48.0 Å². The van der Waals surface area contributed by atoms with E-state index in [0.717, 1.165) is 20.9 Å². The van der Waals surface area contributed by atoms with E-state index in [1.165, 1.54) is 14.1 Å². The van der Waals surface area contributed by atoms with Gasteiger partial charge in [0.15, 0.2) is 0 Å². The highest BCUT2D eigenvalue weighted by atomic mass is 32.2. The molecule has 352 valence electrons. The van der Waals surface area contributed by atoms with Gasteiger partial charge in [-0.15, -0.1) is 23.5 Å². The zero-order chi connectivity index (χ0) is 47.7. The van der Waals surface area contributed by atoms with E-state index in [0.29, 0.717) is 55.0 Å². The summed E-state index contributed by atoms with van der Waals surface area (Å²) in [5, 5.41) is 30.8. The van der Waals surface area contributed by atoms with E-state index >= 15 is 0 Å². The molecule has 4 aliphatic rings. The van der Waals surface area contributed by atoms with Gasteiger partial charge in [0, 0.05) is 25.5 Å². The molecule has 6 amide bonds. The van der Waals surface area contributed by atoms with E-state index in [1.807, 2.05) is 76.2 Å². The molecule has 0 bridgehead atoms. The fourth-order valence-electron chi connectivity index (χ4n) is 9.04. The molecule has 6 N–H and O–H groups in total. The molecule has 2 unspecified atom stereocenters. The average molecular weight is 969 g/mol. The molecule has 0 aliphatic carbocycles. The summed E-state index contributed by atoms with van der Waals surface area (Å²) in [6.07, 6.45) is 0.581. The number of thioether (sulfide) groups is 2. The summed E-state index contributed by atoms with van der Waals surface area (Å²) in [6, 6.07) is 11.0. The van der Waals surface area contributed by atoms with Crippen molar-refractivity contribution >= 4 is 105 Å². The predicted molar refractivity (Wildman–Crippen MR) is 262 cm³/mol. The summed E-state index contributed by atoms with van der Waals surface area (Å²) in [4.78, 5) is 85.4. The highest BCUT2D eigenvalue weighted by Crippen LogP contribution is 2.48. The summed E-state index contributed by atoms with van der Waals surface area (Å²) >= 11 is 14.3. The topological polar surface area (TPSA) is 204 Å². The number of carboxylic acid groups (broad SMARTS) is 2. The Balaban J connectivity index is 1.06. The number of thiocarbonyl (C=S) groups is 2. The number of hydrogen-bond acceptors (Lipinski definition) is 10. The van der Waals surface area contributed by atoms with Gasteiger partial charge >= 0.3 is 12.2 Å². The van der Waals surface area contributed by atoms with Gasteiger partial charge in [0.1, 0.15) is 24.2 Å². The van der Waals surface area contributed by atoms with Gasteiger partial charge in [0.2, 0.25) is 23.6 Å². The molecule has 20 heteroatoms. The van der Waals surface area contributed by atoms with Crippen LogP contribution < -0.4 is 21.3 Å². The number of likely N-dealkylation sites (N-methyl/N-ethyl adjacent to an activating group) is 2. The quantitative estimate of drug-likeness (QED) is 0.137. The molecule has 2 aromatic rings. The molecule has 4 heterocycles. The van der Waals surface area contributed by atoms with Gasteiger partial charge in [0.25, 0.3) is 0 Å². The average Bonchev–Trinajstić information content (AvgIpc) is 3.57. The molecule has 0 spiro atoms. The lowest BCUT2D eigenvalue weighted by atomic mass is 9.84. The highest BCUT2D eigenvalue weighted by Gasteiger charge is 2.56. The first-order chi connectivity index (χ1) is 30.5. The minimum Gasteiger partial charge on any atom is -0.465 e. The standard InChI is InChI=1S/C45H60N8O8S4/c1-24(50(7)42(58)59)38(62)48-30-17-19-64-32-22-44(3,4)34(52(32)40(30)56)36(54)46-28-13-9-26(10-14-28)21-27-11-15-29(16-12-27)47-37(55)35-45(5,6)23-33-53(35)41(57)31(18-20-65-33)49-39(63)25(2)51(8)43(60)61/h9-16,24-25,30-35H,17-23H2,1-8H3,(H,46,54)(H,47,55)(H,48,62)(H,49,63)(H,58,59)(H,60,61)/t24?,25?,30-,31-,32-,33-,34+,35+/m0/s1. The summed E-state index contributed by atoms with van der Waals surface area (Å²) in [5.41, 5.74) is 2.15. The van der Waals surface area contributed by atoms with Crippen LogP contribution in [-0.4, -0.2) is 148 Å². The number of nitrogens with zero attached hydrogens (tertiary/aromatic N) is 4. The van der Waals surface area contributed by atoms with Crippen LogP contribution in [0.3, 0.4) is 0 Å². The maximum atomic E-state index is 14.1. The van der Waals surface area contributed by atoms with Gasteiger partial charge in [-0.05, 0) is 104 Å². The molecular weight excluding hydrogens is 909 g/mol. The van der Waals surface area contributed by atoms with Gasteiger partial charge in [0.05, 0.1) is 32.8 Å². The van der Waals surface area contributed by atoms with Crippen LogP contribution in [0.1, 0.15) is 78.4 Å². The lowest BCUT2D eigenvalue weighted by Gasteiger charge is -2.34. The molecule has 4 saturated heterocycles. The summed E-state index contributed by atoms with van der Waals surface area (Å²) in [7, 11) is 2.85. The third-order valence-electron chi connectivity index (χ3n) is 13.1. The summed E-state index contributed by atoms with van der Waals surface area (Å²) in [5.74, 6) is 0.310. The van der Waals surface area contributed by atoms with Crippen molar-refractivity contribution in [1.29, 1.82) is 0 Å². The van der Waals surface area contributed by atoms with Crippen LogP contribution in [0.2, 0.25) is 0 Å². The van der Waals surface area contributed by atoms with Crippen molar-refractivity contribution < 1.29 is 39.0 Å². The summed E-state index contributed by atoms with van der Waals surface area (Å²) < 4.78 is 0. The minimum atomic E-state index is -1.13. The molecule has 4 aliphatic heterocycles. The highest BCUT2D eigenvalue weighted by molar-refractivity contribution is 8.00. The van der Waals surface area contributed by atoms with Crippen molar-refractivity contribution in [2.75, 3.05) is 36.2 Å². The van der Waals surface area contributed by atoms with Crippen molar-refractivity contribution in [3.05, 3.63) is 59.7 Å². The van der Waals surface area contributed by atoms with Crippen molar-refractivity contribution in [3.63, 3.8) is 0 Å². The van der Waals surface area contributed by atoms with Gasteiger partial charge in [-0.25, -0.2) is 9.59 Å². The Hall–Kier alpha value is -4.66. The first-order valence-corrected chi connectivity index (χ1v) is 24.6. The van der Waals surface area contributed by atoms with Crippen LogP contribution in [0, 0.1) is 10.8 Å². The summed E-state index contributed by atoms with van der Waals surface area (Å²) in [6.45, 7) is 11.3. The Morgan fingerprint density at radius 2 is 1.02 bits per heavy atom. The van der Waals surface area contributed by atoms with Gasteiger partial charge < -0.3 is 51.1 Å². The van der Waals surface area contributed by atoms with E-state index in [4.69, 9.17) is 24.4 Å². The Morgan fingerprint density at radius 1 is 0.677 bits per heavy atom. The third kappa shape index (κ3) is 11.0. The Bertz CT molecular complexity index is 2040. The molecule has 2 aromatic carbocycles. The van der Waals surface area contributed by atoms with Crippen molar-refractivity contribution in [2.45, 2.75) is 121 Å². The van der Waals surface area contributed by atoms with E-state index in [1.54, 1.807) is 47.2 Å². The number of nitrogens with one attached hydrogen (secondary N) is 4. The lowest BCUT2D eigenvalue weighted by molar-refractivity contribution is -0.140. The van der Waals surface area contributed by atoms with Crippen LogP contribution in [0.4, 0.5) is 21.0 Å². The van der Waals surface area contributed by atoms with E-state index in [9.17, 15) is 39.0 Å². The second kappa shape index (κ2) is 20.1. The Morgan fingerprint density at radius 3 is 1.34 bits per heavy atom. The van der Waals surface area contributed by atoms with E-state index in [2.05, 4.69) is 21.3 Å². The predicted octanol–water partition coefficient (Wildman–Crippen LogP) is 5.90. The fraction of sp³-hybridized carbons (Fsp3) is 0.556. The maximum Gasteiger partial charge on any atom is 0.407 e. The van der Waals surface area contributed by atoms with E-state index in [-0.39, 0.29) is 44.4 Å². The molecule has 65 heavy (non-hydrogen) atoms. The van der Waals surface area contributed by atoms with E-state index < -0.39 is 59.3 Å². The van der Waals surface area contributed by atoms with Crippen molar-refractivity contribution in [3.8, 4) is 0 Å². The Kier molecular flexibility index (Phi) is 15.4.